The first kappa shape index (κ1) is 15.8. The molecule has 0 amide bonds. The van der Waals surface area contributed by atoms with Crippen molar-refractivity contribution in [2.24, 2.45) is 23.3 Å². The van der Waals surface area contributed by atoms with Crippen molar-refractivity contribution in [3.05, 3.63) is 0 Å². The zero-order valence-corrected chi connectivity index (χ0v) is 13.9. The average molecular weight is 293 g/mol. The normalized spacial score (nSPS) is 30.4. The SMILES string of the molecule is NC1(C(C2CCCCC2)C2(N)CCCCC2)CCCCC1. The topological polar surface area (TPSA) is 52.0 Å². The van der Waals surface area contributed by atoms with Gasteiger partial charge in [-0.1, -0.05) is 70.6 Å². The molecular weight excluding hydrogens is 256 g/mol. The molecule has 4 N–H and O–H groups in total. The first-order valence-electron chi connectivity index (χ1n) is 9.72. The minimum Gasteiger partial charge on any atom is -0.325 e. The Morgan fingerprint density at radius 2 is 0.952 bits per heavy atom. The van der Waals surface area contributed by atoms with E-state index in [0.29, 0.717) is 5.92 Å². The lowest BCUT2D eigenvalue weighted by molar-refractivity contribution is 0.0247. The summed E-state index contributed by atoms with van der Waals surface area (Å²) < 4.78 is 0. The van der Waals surface area contributed by atoms with Crippen molar-refractivity contribution in [3.63, 3.8) is 0 Å². The molecule has 0 aliphatic heterocycles. The van der Waals surface area contributed by atoms with Crippen LogP contribution in [0.4, 0.5) is 0 Å². The second-order valence-electron chi connectivity index (χ2n) is 8.46. The van der Waals surface area contributed by atoms with Gasteiger partial charge in [0.2, 0.25) is 0 Å². The molecule has 3 fully saturated rings. The molecule has 0 spiro atoms. The Kier molecular flexibility index (Phi) is 4.95. The van der Waals surface area contributed by atoms with Crippen LogP contribution in [0, 0.1) is 11.8 Å². The van der Waals surface area contributed by atoms with Crippen molar-refractivity contribution >= 4 is 0 Å². The Morgan fingerprint density at radius 3 is 1.38 bits per heavy atom. The molecule has 0 aromatic rings. The molecule has 0 unspecified atom stereocenters. The smallest absolute Gasteiger partial charge is 0.0203 e. The van der Waals surface area contributed by atoms with E-state index in [-0.39, 0.29) is 11.1 Å². The minimum absolute atomic E-state index is 0.0480. The lowest BCUT2D eigenvalue weighted by Crippen LogP contribution is -2.64. The quantitative estimate of drug-likeness (QED) is 0.804. The highest BCUT2D eigenvalue weighted by molar-refractivity contribution is 5.08. The van der Waals surface area contributed by atoms with Gasteiger partial charge in [-0.05, 0) is 37.5 Å². The number of hydrogen-bond acceptors (Lipinski definition) is 2. The maximum atomic E-state index is 7.07. The van der Waals surface area contributed by atoms with Gasteiger partial charge in [0.25, 0.3) is 0 Å². The summed E-state index contributed by atoms with van der Waals surface area (Å²) in [6.45, 7) is 0. The first-order chi connectivity index (χ1) is 10.1. The Balaban J connectivity index is 1.85. The zero-order chi connectivity index (χ0) is 14.8. The summed E-state index contributed by atoms with van der Waals surface area (Å²) in [5.74, 6) is 1.40. The molecule has 3 saturated carbocycles. The van der Waals surface area contributed by atoms with Gasteiger partial charge >= 0.3 is 0 Å². The van der Waals surface area contributed by atoms with E-state index in [4.69, 9.17) is 11.5 Å². The van der Waals surface area contributed by atoms with E-state index in [1.807, 2.05) is 0 Å². The summed E-state index contributed by atoms with van der Waals surface area (Å²) in [4.78, 5) is 0. The van der Waals surface area contributed by atoms with E-state index in [1.54, 1.807) is 0 Å². The molecule has 2 heteroatoms. The monoisotopic (exact) mass is 292 g/mol. The van der Waals surface area contributed by atoms with Gasteiger partial charge in [-0.25, -0.2) is 0 Å². The molecule has 0 heterocycles. The van der Waals surface area contributed by atoms with E-state index in [2.05, 4.69) is 0 Å². The molecule has 3 aliphatic carbocycles. The van der Waals surface area contributed by atoms with Gasteiger partial charge in [0, 0.05) is 11.1 Å². The molecule has 0 radical (unpaired) electrons. The fourth-order valence-electron chi connectivity index (χ4n) is 6.02. The van der Waals surface area contributed by atoms with Gasteiger partial charge in [0.05, 0.1) is 0 Å². The third kappa shape index (κ3) is 3.32. The fourth-order valence-corrected chi connectivity index (χ4v) is 6.02. The number of rotatable bonds is 3. The summed E-state index contributed by atoms with van der Waals surface area (Å²) in [7, 11) is 0. The van der Waals surface area contributed by atoms with Crippen molar-refractivity contribution < 1.29 is 0 Å². The van der Waals surface area contributed by atoms with Crippen LogP contribution < -0.4 is 11.5 Å². The zero-order valence-electron chi connectivity index (χ0n) is 13.9. The van der Waals surface area contributed by atoms with E-state index in [1.165, 1.54) is 96.3 Å². The Labute approximate surface area is 131 Å². The van der Waals surface area contributed by atoms with Gasteiger partial charge < -0.3 is 11.5 Å². The fraction of sp³-hybridized carbons (Fsp3) is 1.00. The number of nitrogens with two attached hydrogens (primary N) is 2. The van der Waals surface area contributed by atoms with Crippen LogP contribution in [0.25, 0.3) is 0 Å². The third-order valence-electron chi connectivity index (χ3n) is 6.93. The van der Waals surface area contributed by atoms with Gasteiger partial charge in [-0.15, -0.1) is 0 Å². The summed E-state index contributed by atoms with van der Waals surface area (Å²) in [6, 6.07) is 0. The molecule has 0 bridgehead atoms. The van der Waals surface area contributed by atoms with Gasteiger partial charge in [0.1, 0.15) is 0 Å². The second kappa shape index (κ2) is 6.58. The molecule has 0 aromatic carbocycles. The van der Waals surface area contributed by atoms with Crippen LogP contribution in [0.2, 0.25) is 0 Å². The van der Waals surface area contributed by atoms with Crippen LogP contribution in [0.1, 0.15) is 96.3 Å². The molecule has 0 saturated heterocycles. The van der Waals surface area contributed by atoms with E-state index >= 15 is 0 Å². The molecular formula is C19H36N2. The summed E-state index contributed by atoms with van der Waals surface area (Å²) in [5.41, 5.74) is 14.2. The Bertz CT molecular complexity index is 296. The third-order valence-corrected chi connectivity index (χ3v) is 6.93. The van der Waals surface area contributed by atoms with Crippen LogP contribution in [0.15, 0.2) is 0 Å². The molecule has 0 aromatic heterocycles. The summed E-state index contributed by atoms with van der Waals surface area (Å²) in [6.07, 6.45) is 20.0. The predicted octanol–water partition coefficient (Wildman–Crippen LogP) is 4.51. The highest BCUT2D eigenvalue weighted by atomic mass is 14.9. The maximum absolute atomic E-state index is 7.07. The van der Waals surface area contributed by atoms with Crippen LogP contribution >= 0.6 is 0 Å². The molecule has 21 heavy (non-hydrogen) atoms. The van der Waals surface area contributed by atoms with Crippen molar-refractivity contribution in [3.8, 4) is 0 Å². The Hall–Kier alpha value is -0.0800. The standard InChI is InChI=1S/C19H36N2/c20-18(12-6-2-7-13-18)17(16-10-4-1-5-11-16)19(21)14-8-3-9-15-19/h16-17H,1-15,20-21H2. The van der Waals surface area contributed by atoms with Crippen LogP contribution in [-0.4, -0.2) is 11.1 Å². The highest BCUT2D eigenvalue weighted by Gasteiger charge is 2.50. The van der Waals surface area contributed by atoms with E-state index < -0.39 is 0 Å². The number of hydrogen-bond donors (Lipinski definition) is 2. The second-order valence-corrected chi connectivity index (χ2v) is 8.46. The Morgan fingerprint density at radius 1 is 0.571 bits per heavy atom. The average Bonchev–Trinajstić information content (AvgIpc) is 2.49. The predicted molar refractivity (Wildman–Crippen MR) is 90.1 cm³/mol. The molecule has 0 atom stereocenters. The maximum Gasteiger partial charge on any atom is 0.0203 e. The highest BCUT2D eigenvalue weighted by Crippen LogP contribution is 2.49. The minimum atomic E-state index is 0.0480. The molecule has 3 aliphatic rings. The first-order valence-corrected chi connectivity index (χ1v) is 9.72. The van der Waals surface area contributed by atoms with Crippen LogP contribution in [-0.2, 0) is 0 Å². The van der Waals surface area contributed by atoms with E-state index in [9.17, 15) is 0 Å². The van der Waals surface area contributed by atoms with Gasteiger partial charge in [-0.3, -0.25) is 0 Å². The van der Waals surface area contributed by atoms with Gasteiger partial charge in [0.15, 0.2) is 0 Å². The largest absolute Gasteiger partial charge is 0.325 e. The molecule has 2 nitrogen and oxygen atoms in total. The molecule has 3 rings (SSSR count). The summed E-state index contributed by atoms with van der Waals surface area (Å²) >= 11 is 0. The van der Waals surface area contributed by atoms with Crippen molar-refractivity contribution in [1.82, 2.24) is 0 Å². The van der Waals surface area contributed by atoms with Crippen molar-refractivity contribution in [2.45, 2.75) is 107 Å². The lowest BCUT2D eigenvalue weighted by Gasteiger charge is -2.54. The van der Waals surface area contributed by atoms with Crippen molar-refractivity contribution in [1.29, 1.82) is 0 Å². The van der Waals surface area contributed by atoms with Crippen LogP contribution in [0.5, 0.6) is 0 Å². The molecule has 122 valence electrons. The van der Waals surface area contributed by atoms with Crippen molar-refractivity contribution in [2.75, 3.05) is 0 Å². The summed E-state index contributed by atoms with van der Waals surface area (Å²) in [5, 5.41) is 0. The van der Waals surface area contributed by atoms with E-state index in [0.717, 1.165) is 5.92 Å². The van der Waals surface area contributed by atoms with Crippen LogP contribution in [0.3, 0.4) is 0 Å². The lowest BCUT2D eigenvalue weighted by atomic mass is 9.55. The van der Waals surface area contributed by atoms with Gasteiger partial charge in [-0.2, -0.15) is 0 Å².